The first-order valence-electron chi connectivity index (χ1n) is 34.6. The maximum absolute atomic E-state index is 12.9. The molecule has 0 saturated carbocycles. The first kappa shape index (κ1) is 76.6. The summed E-state index contributed by atoms with van der Waals surface area (Å²) in [5.74, 6) is -0.874. The van der Waals surface area contributed by atoms with Gasteiger partial charge < -0.3 is 14.2 Å². The van der Waals surface area contributed by atoms with E-state index in [4.69, 9.17) is 14.2 Å². The second-order valence-corrected chi connectivity index (χ2v) is 23.1. The minimum absolute atomic E-state index is 0.0776. The Morgan fingerprint density at radius 3 is 0.775 bits per heavy atom. The monoisotopic (exact) mass is 1110 g/mol. The summed E-state index contributed by atoms with van der Waals surface area (Å²) in [5.41, 5.74) is 0. The van der Waals surface area contributed by atoms with Gasteiger partial charge in [-0.05, 0) is 116 Å². The Kier molecular flexibility index (Phi) is 65.2. The van der Waals surface area contributed by atoms with E-state index in [-0.39, 0.29) is 31.1 Å². The van der Waals surface area contributed by atoms with Crippen LogP contribution in [0.1, 0.15) is 348 Å². The van der Waals surface area contributed by atoms with Gasteiger partial charge >= 0.3 is 17.9 Å². The quantitative estimate of drug-likeness (QED) is 0.0261. The molecule has 0 rings (SSSR count). The maximum atomic E-state index is 12.9. The molecule has 0 spiro atoms. The van der Waals surface area contributed by atoms with Crippen LogP contribution in [0.4, 0.5) is 0 Å². The largest absolute Gasteiger partial charge is 0.462 e. The van der Waals surface area contributed by atoms with E-state index in [1.54, 1.807) is 0 Å². The molecule has 0 fully saturated rings. The van der Waals surface area contributed by atoms with Gasteiger partial charge in [-0.3, -0.25) is 14.4 Å². The molecule has 1 atom stereocenters. The number of carbonyl (C=O) groups is 3. The molecule has 0 aromatic heterocycles. The first-order valence-corrected chi connectivity index (χ1v) is 34.6. The molecule has 0 radical (unpaired) electrons. The van der Waals surface area contributed by atoms with Gasteiger partial charge in [-0.2, -0.15) is 0 Å². The molecule has 0 saturated heterocycles. The predicted octanol–water partition coefficient (Wildman–Crippen LogP) is 23.8. The normalized spacial score (nSPS) is 12.6. The number of hydrogen-bond acceptors (Lipinski definition) is 6. The summed E-state index contributed by atoms with van der Waals surface area (Å²) in [6, 6.07) is 0. The van der Waals surface area contributed by atoms with Crippen molar-refractivity contribution in [3.8, 4) is 0 Å². The molecule has 0 heterocycles. The third-order valence-electron chi connectivity index (χ3n) is 15.1. The molecule has 0 aromatic rings. The standard InChI is InChI=1S/C74H130O6/c1-4-7-10-13-16-19-22-25-28-30-31-32-33-34-35-36-37-38-39-40-41-42-43-45-46-49-52-55-58-61-64-67-73(76)79-70-71(69-78-72(75)66-63-60-57-54-51-48-27-24-21-18-15-12-9-6-3)80-74(77)68-65-62-59-56-53-50-47-44-29-26-23-20-17-14-11-8-5-2/h7,10,16,19,24-29,31-32,34-35,71H,4-6,8-9,11-15,17-18,20-23,30,33,36-70H2,1-3H3/b10-7-,19-16-,27-24-,28-25-,29-26-,32-31-,35-34-. The van der Waals surface area contributed by atoms with E-state index in [1.165, 1.54) is 212 Å². The van der Waals surface area contributed by atoms with E-state index in [9.17, 15) is 14.4 Å². The van der Waals surface area contributed by atoms with Crippen LogP contribution in [0.5, 0.6) is 0 Å². The van der Waals surface area contributed by atoms with Crippen LogP contribution in [-0.4, -0.2) is 37.2 Å². The second kappa shape index (κ2) is 68.1. The maximum Gasteiger partial charge on any atom is 0.306 e. The van der Waals surface area contributed by atoms with Crippen molar-refractivity contribution in [2.45, 2.75) is 354 Å². The number of carbonyl (C=O) groups excluding carboxylic acids is 3. The Morgan fingerprint density at radius 1 is 0.263 bits per heavy atom. The summed E-state index contributed by atoms with van der Waals surface area (Å²) in [6.07, 6.45) is 90.3. The molecule has 1 unspecified atom stereocenters. The smallest absolute Gasteiger partial charge is 0.306 e. The van der Waals surface area contributed by atoms with Crippen LogP contribution in [0.3, 0.4) is 0 Å². The van der Waals surface area contributed by atoms with Crippen LogP contribution in [0.25, 0.3) is 0 Å². The van der Waals surface area contributed by atoms with Gasteiger partial charge in [0.15, 0.2) is 6.10 Å². The minimum atomic E-state index is -0.782. The van der Waals surface area contributed by atoms with Crippen molar-refractivity contribution < 1.29 is 28.6 Å². The van der Waals surface area contributed by atoms with Crippen LogP contribution < -0.4 is 0 Å². The lowest BCUT2D eigenvalue weighted by molar-refractivity contribution is -0.167. The van der Waals surface area contributed by atoms with Gasteiger partial charge in [0.05, 0.1) is 0 Å². The van der Waals surface area contributed by atoms with Gasteiger partial charge in [0.1, 0.15) is 13.2 Å². The molecular weight excluding hydrogens is 985 g/mol. The number of unbranched alkanes of at least 4 members (excludes halogenated alkanes) is 38. The molecule has 0 bridgehead atoms. The van der Waals surface area contributed by atoms with Crippen molar-refractivity contribution in [3.63, 3.8) is 0 Å². The summed E-state index contributed by atoms with van der Waals surface area (Å²) in [7, 11) is 0. The molecule has 0 aliphatic rings. The van der Waals surface area contributed by atoms with Gasteiger partial charge in [-0.25, -0.2) is 0 Å². The summed E-state index contributed by atoms with van der Waals surface area (Å²) in [6.45, 7) is 6.54. The highest BCUT2D eigenvalue weighted by Crippen LogP contribution is 2.17. The highest BCUT2D eigenvalue weighted by Gasteiger charge is 2.19. The van der Waals surface area contributed by atoms with Gasteiger partial charge in [-0.15, -0.1) is 0 Å². The lowest BCUT2D eigenvalue weighted by Gasteiger charge is -2.18. The molecule has 6 nitrogen and oxygen atoms in total. The van der Waals surface area contributed by atoms with Crippen molar-refractivity contribution in [2.75, 3.05) is 13.2 Å². The molecular formula is C74H130O6. The lowest BCUT2D eigenvalue weighted by Crippen LogP contribution is -2.30. The average molecular weight is 1120 g/mol. The molecule has 0 aliphatic heterocycles. The SMILES string of the molecule is CC/C=C\C/C=C\C/C=C\C/C=C\C/C=C\CCCCCCCCCCCCCCCCCC(=O)OCC(COC(=O)CCCCCCC/C=C\CCCCCCC)OC(=O)CCCCCCCCC/C=C\CCCCCCCC. The van der Waals surface area contributed by atoms with Crippen molar-refractivity contribution in [1.29, 1.82) is 0 Å². The number of esters is 3. The number of hydrogen-bond donors (Lipinski definition) is 0. The Labute approximate surface area is 496 Å². The summed E-state index contributed by atoms with van der Waals surface area (Å²) in [5, 5.41) is 0. The van der Waals surface area contributed by atoms with E-state index >= 15 is 0 Å². The molecule has 80 heavy (non-hydrogen) atoms. The summed E-state index contributed by atoms with van der Waals surface area (Å²) < 4.78 is 17.0. The zero-order valence-electron chi connectivity index (χ0n) is 53.1. The van der Waals surface area contributed by atoms with E-state index < -0.39 is 6.10 Å². The van der Waals surface area contributed by atoms with Crippen LogP contribution >= 0.6 is 0 Å². The van der Waals surface area contributed by atoms with Gasteiger partial charge in [0.25, 0.3) is 0 Å². The summed E-state index contributed by atoms with van der Waals surface area (Å²) in [4.78, 5) is 38.4. The Bertz CT molecular complexity index is 1520. The van der Waals surface area contributed by atoms with Crippen molar-refractivity contribution in [1.82, 2.24) is 0 Å². The Hall–Kier alpha value is -3.41. The first-order chi connectivity index (χ1) is 39.5. The molecule has 0 N–H and O–H groups in total. The fraction of sp³-hybridized carbons (Fsp3) is 0.770. The van der Waals surface area contributed by atoms with E-state index in [0.29, 0.717) is 19.3 Å². The molecule has 0 aromatic carbocycles. The number of ether oxygens (including phenoxy) is 3. The van der Waals surface area contributed by atoms with Gasteiger partial charge in [0, 0.05) is 19.3 Å². The average Bonchev–Trinajstić information content (AvgIpc) is 3.46. The van der Waals surface area contributed by atoms with E-state index in [2.05, 4.69) is 106 Å². The Morgan fingerprint density at radius 2 is 0.487 bits per heavy atom. The molecule has 462 valence electrons. The minimum Gasteiger partial charge on any atom is -0.462 e. The topological polar surface area (TPSA) is 78.9 Å². The van der Waals surface area contributed by atoms with Crippen LogP contribution in [0.15, 0.2) is 85.1 Å². The zero-order valence-corrected chi connectivity index (χ0v) is 53.1. The van der Waals surface area contributed by atoms with Crippen LogP contribution in [-0.2, 0) is 28.6 Å². The van der Waals surface area contributed by atoms with Gasteiger partial charge in [-0.1, -0.05) is 298 Å². The lowest BCUT2D eigenvalue weighted by atomic mass is 10.0. The fourth-order valence-electron chi connectivity index (χ4n) is 9.93. The molecule has 6 heteroatoms. The fourth-order valence-corrected chi connectivity index (χ4v) is 9.93. The van der Waals surface area contributed by atoms with Crippen molar-refractivity contribution in [3.05, 3.63) is 85.1 Å². The highest BCUT2D eigenvalue weighted by atomic mass is 16.6. The third kappa shape index (κ3) is 65.4. The van der Waals surface area contributed by atoms with E-state index in [1.807, 2.05) is 0 Å². The summed E-state index contributed by atoms with van der Waals surface area (Å²) >= 11 is 0. The van der Waals surface area contributed by atoms with Crippen LogP contribution in [0.2, 0.25) is 0 Å². The van der Waals surface area contributed by atoms with Crippen molar-refractivity contribution >= 4 is 17.9 Å². The van der Waals surface area contributed by atoms with Crippen molar-refractivity contribution in [2.24, 2.45) is 0 Å². The third-order valence-corrected chi connectivity index (χ3v) is 15.1. The molecule has 0 aliphatic carbocycles. The second-order valence-electron chi connectivity index (χ2n) is 23.1. The number of allylic oxidation sites excluding steroid dienone is 14. The zero-order chi connectivity index (χ0) is 57.8. The Balaban J connectivity index is 4.22. The van der Waals surface area contributed by atoms with Gasteiger partial charge in [0.2, 0.25) is 0 Å². The molecule has 0 amide bonds. The number of rotatable bonds is 63. The van der Waals surface area contributed by atoms with Crippen LogP contribution in [0, 0.1) is 0 Å². The predicted molar refractivity (Wildman–Crippen MR) is 348 cm³/mol. The van der Waals surface area contributed by atoms with E-state index in [0.717, 1.165) is 96.3 Å². The highest BCUT2D eigenvalue weighted by molar-refractivity contribution is 5.71.